The molecule has 1 aromatic heterocycles. The number of nitrogens with one attached hydrogen (secondary N) is 2. The molecule has 2 atom stereocenters. The van der Waals surface area contributed by atoms with Crippen molar-refractivity contribution in [3.63, 3.8) is 0 Å². The third kappa shape index (κ3) is 2.73. The molecule has 1 aromatic rings. The van der Waals surface area contributed by atoms with Gasteiger partial charge in [0.1, 0.15) is 0 Å². The Morgan fingerprint density at radius 3 is 2.83 bits per heavy atom. The van der Waals surface area contributed by atoms with Crippen LogP contribution in [0, 0.1) is 5.92 Å². The first-order valence-corrected chi connectivity index (χ1v) is 7.97. The van der Waals surface area contributed by atoms with Crippen molar-refractivity contribution in [1.29, 1.82) is 0 Å². The summed E-state index contributed by atoms with van der Waals surface area (Å²) in [6, 6.07) is -0.106. The summed E-state index contributed by atoms with van der Waals surface area (Å²) in [6.07, 6.45) is 0.956. The summed E-state index contributed by atoms with van der Waals surface area (Å²) in [5.74, 6) is 0.306. The fourth-order valence-corrected chi connectivity index (χ4v) is 4.45. The highest BCUT2D eigenvalue weighted by Gasteiger charge is 2.30. The van der Waals surface area contributed by atoms with Gasteiger partial charge in [-0.1, -0.05) is 12.1 Å². The van der Waals surface area contributed by atoms with Crippen molar-refractivity contribution in [3.8, 4) is 0 Å². The number of piperidine rings is 1. The van der Waals surface area contributed by atoms with Crippen molar-refractivity contribution in [2.45, 2.75) is 24.4 Å². The van der Waals surface area contributed by atoms with Crippen LogP contribution >= 0.6 is 15.9 Å². The van der Waals surface area contributed by atoms with E-state index in [9.17, 15) is 8.42 Å². The van der Waals surface area contributed by atoms with Crippen LogP contribution in [0.2, 0.25) is 0 Å². The maximum Gasteiger partial charge on any atom is 0.260 e. The first kappa shape index (κ1) is 13.9. The van der Waals surface area contributed by atoms with Crippen LogP contribution in [0.25, 0.3) is 0 Å². The van der Waals surface area contributed by atoms with E-state index in [2.05, 4.69) is 36.3 Å². The Balaban J connectivity index is 2.22. The number of aryl methyl sites for hydroxylation is 1. The third-order valence-corrected chi connectivity index (χ3v) is 5.50. The van der Waals surface area contributed by atoms with E-state index in [1.807, 2.05) is 6.92 Å². The minimum Gasteiger partial charge on any atom is -0.315 e. The lowest BCUT2D eigenvalue weighted by Gasteiger charge is -2.29. The van der Waals surface area contributed by atoms with Crippen LogP contribution in [-0.2, 0) is 17.1 Å². The number of nitrogens with zero attached hydrogens (tertiary/aromatic N) is 3. The predicted molar refractivity (Wildman–Crippen MR) is 69.5 cm³/mol. The zero-order chi connectivity index (χ0) is 13.3. The minimum atomic E-state index is -3.61. The van der Waals surface area contributed by atoms with Crippen LogP contribution in [0.5, 0.6) is 0 Å². The number of sulfonamides is 1. The molecule has 102 valence electrons. The zero-order valence-electron chi connectivity index (χ0n) is 10.2. The van der Waals surface area contributed by atoms with E-state index in [-0.39, 0.29) is 15.7 Å². The van der Waals surface area contributed by atoms with Gasteiger partial charge in [0.05, 0.1) is 0 Å². The van der Waals surface area contributed by atoms with Crippen molar-refractivity contribution >= 4 is 26.0 Å². The molecule has 18 heavy (non-hydrogen) atoms. The molecular weight excluding hydrogens is 322 g/mol. The molecule has 0 radical (unpaired) electrons. The first-order valence-electron chi connectivity index (χ1n) is 5.70. The summed E-state index contributed by atoms with van der Waals surface area (Å²) in [5.41, 5.74) is 0. The molecule has 7 nitrogen and oxygen atoms in total. The fraction of sp³-hybridized carbons (Fsp3) is 0.778. The van der Waals surface area contributed by atoms with E-state index in [1.165, 1.54) is 4.68 Å². The van der Waals surface area contributed by atoms with Gasteiger partial charge < -0.3 is 5.32 Å². The van der Waals surface area contributed by atoms with Crippen molar-refractivity contribution in [3.05, 3.63) is 4.60 Å². The predicted octanol–water partition coefficient (Wildman–Crippen LogP) is -0.146. The van der Waals surface area contributed by atoms with Crippen LogP contribution in [-0.4, -0.2) is 42.5 Å². The molecule has 0 saturated carbocycles. The van der Waals surface area contributed by atoms with Gasteiger partial charge in [-0.15, -0.1) is 5.10 Å². The zero-order valence-corrected chi connectivity index (χ0v) is 12.6. The van der Waals surface area contributed by atoms with Crippen molar-refractivity contribution in [2.24, 2.45) is 13.0 Å². The molecular formula is C9H16BrN5O2S. The number of hydrogen-bond acceptors (Lipinski definition) is 5. The first-order chi connectivity index (χ1) is 8.42. The number of aromatic nitrogens is 3. The summed E-state index contributed by atoms with van der Waals surface area (Å²) in [5, 5.41) is 10.6. The second-order valence-electron chi connectivity index (χ2n) is 4.51. The molecule has 2 N–H and O–H groups in total. The summed E-state index contributed by atoms with van der Waals surface area (Å²) in [4.78, 5) is 0. The molecule has 1 fully saturated rings. The largest absolute Gasteiger partial charge is 0.315 e. The lowest BCUT2D eigenvalue weighted by atomic mass is 9.96. The second kappa shape index (κ2) is 5.24. The van der Waals surface area contributed by atoms with Gasteiger partial charge in [0.2, 0.25) is 5.03 Å². The van der Waals surface area contributed by atoms with Crippen LogP contribution in [0.1, 0.15) is 13.3 Å². The summed E-state index contributed by atoms with van der Waals surface area (Å²) >= 11 is 3.10. The molecule has 0 aromatic carbocycles. The maximum atomic E-state index is 12.3. The van der Waals surface area contributed by atoms with Crippen molar-refractivity contribution in [2.75, 3.05) is 13.1 Å². The normalized spacial score (nSPS) is 25.3. The van der Waals surface area contributed by atoms with Crippen LogP contribution in [0.3, 0.4) is 0 Å². The number of hydrogen-bond donors (Lipinski definition) is 2. The fourth-order valence-electron chi connectivity index (χ4n) is 2.01. The van der Waals surface area contributed by atoms with E-state index in [4.69, 9.17) is 0 Å². The third-order valence-electron chi connectivity index (χ3n) is 3.13. The quantitative estimate of drug-likeness (QED) is 0.800. The van der Waals surface area contributed by atoms with Gasteiger partial charge in [0.25, 0.3) is 10.0 Å². The summed E-state index contributed by atoms with van der Waals surface area (Å²) in [7, 11) is -2.06. The number of rotatable bonds is 3. The van der Waals surface area contributed by atoms with Gasteiger partial charge in [0, 0.05) is 19.6 Å². The molecule has 1 aliphatic rings. The van der Waals surface area contributed by atoms with Crippen molar-refractivity contribution in [1.82, 2.24) is 25.0 Å². The van der Waals surface area contributed by atoms with Crippen LogP contribution in [0.15, 0.2) is 9.63 Å². The van der Waals surface area contributed by atoms with Crippen LogP contribution < -0.4 is 10.0 Å². The van der Waals surface area contributed by atoms with E-state index >= 15 is 0 Å². The summed E-state index contributed by atoms with van der Waals surface area (Å²) < 4.78 is 28.7. The number of halogens is 1. The standard InChI is InChI=1S/C9H16BrN5O2S/c1-6-3-4-11-5-7(6)13-18(16,17)9-8(10)12-14-15(9)2/h6-7,11,13H,3-5H2,1-2H3/t6-,7-/m0/s1. The van der Waals surface area contributed by atoms with Gasteiger partial charge in [-0.25, -0.2) is 17.8 Å². The Kier molecular flexibility index (Phi) is 4.05. The molecule has 0 spiro atoms. The van der Waals surface area contributed by atoms with E-state index in [0.717, 1.165) is 13.0 Å². The minimum absolute atomic E-state index is 0.0558. The SMILES string of the molecule is C[C@H]1CCNC[C@@H]1NS(=O)(=O)c1c(Br)nnn1C. The summed E-state index contributed by atoms with van der Waals surface area (Å²) in [6.45, 7) is 3.62. The lowest BCUT2D eigenvalue weighted by Crippen LogP contribution is -2.50. The molecule has 0 bridgehead atoms. The monoisotopic (exact) mass is 337 g/mol. The molecule has 0 amide bonds. The average Bonchev–Trinajstić information content (AvgIpc) is 2.62. The topological polar surface area (TPSA) is 88.9 Å². The molecule has 0 aliphatic carbocycles. The Hall–Kier alpha value is -0.510. The van der Waals surface area contributed by atoms with Gasteiger partial charge in [-0.3, -0.25) is 0 Å². The maximum absolute atomic E-state index is 12.3. The van der Waals surface area contributed by atoms with Crippen LogP contribution in [0.4, 0.5) is 0 Å². The molecule has 9 heteroatoms. The smallest absolute Gasteiger partial charge is 0.260 e. The molecule has 1 saturated heterocycles. The van der Waals surface area contributed by atoms with E-state index in [0.29, 0.717) is 12.5 Å². The highest BCUT2D eigenvalue weighted by Crippen LogP contribution is 2.20. The molecule has 2 rings (SSSR count). The Morgan fingerprint density at radius 2 is 2.28 bits per heavy atom. The highest BCUT2D eigenvalue weighted by atomic mass is 79.9. The lowest BCUT2D eigenvalue weighted by molar-refractivity contribution is 0.326. The van der Waals surface area contributed by atoms with E-state index in [1.54, 1.807) is 7.05 Å². The van der Waals surface area contributed by atoms with E-state index < -0.39 is 10.0 Å². The molecule has 2 heterocycles. The van der Waals surface area contributed by atoms with Crippen molar-refractivity contribution < 1.29 is 8.42 Å². The highest BCUT2D eigenvalue weighted by molar-refractivity contribution is 9.10. The molecule has 1 aliphatic heterocycles. The average molecular weight is 338 g/mol. The van der Waals surface area contributed by atoms with Gasteiger partial charge in [-0.2, -0.15) is 0 Å². The Bertz CT molecular complexity index is 510. The Labute approximate surface area is 115 Å². The second-order valence-corrected chi connectivity index (χ2v) is 6.89. The van der Waals surface area contributed by atoms with Gasteiger partial charge >= 0.3 is 0 Å². The Morgan fingerprint density at radius 1 is 1.56 bits per heavy atom. The molecule has 0 unspecified atom stereocenters. The van der Waals surface area contributed by atoms with Gasteiger partial charge in [0.15, 0.2) is 4.60 Å². The van der Waals surface area contributed by atoms with Gasteiger partial charge in [-0.05, 0) is 34.8 Å².